The molecule has 1 N–H and O–H groups in total. The summed E-state index contributed by atoms with van der Waals surface area (Å²) in [4.78, 5) is 2.51. The quantitative estimate of drug-likeness (QED) is 0.843. The molecule has 0 aliphatic carbocycles. The molecule has 0 spiro atoms. The second-order valence-corrected chi connectivity index (χ2v) is 5.52. The van der Waals surface area contributed by atoms with E-state index in [0.717, 1.165) is 19.6 Å². The maximum atomic E-state index is 3.60. The molecule has 1 aromatic carbocycles. The van der Waals surface area contributed by atoms with Gasteiger partial charge in [0.2, 0.25) is 0 Å². The number of nitrogens with one attached hydrogen (secondary N) is 1. The summed E-state index contributed by atoms with van der Waals surface area (Å²) in [7, 11) is 0. The van der Waals surface area contributed by atoms with Gasteiger partial charge in [-0.2, -0.15) is 0 Å². The van der Waals surface area contributed by atoms with Crippen molar-refractivity contribution in [2.75, 3.05) is 24.5 Å². The highest BCUT2D eigenvalue weighted by Gasteiger charge is 2.21. The van der Waals surface area contributed by atoms with Gasteiger partial charge >= 0.3 is 0 Å². The fraction of sp³-hybridized carbons (Fsp3) is 0.600. The smallest absolute Gasteiger partial charge is 0.0370 e. The Morgan fingerprint density at radius 1 is 1.24 bits per heavy atom. The second-order valence-electron chi connectivity index (χ2n) is 5.52. The van der Waals surface area contributed by atoms with Crippen molar-refractivity contribution < 1.29 is 0 Å². The Morgan fingerprint density at radius 3 is 2.65 bits per heavy atom. The molecule has 1 fully saturated rings. The summed E-state index contributed by atoms with van der Waals surface area (Å²) in [5, 5.41) is 3.60. The summed E-state index contributed by atoms with van der Waals surface area (Å²) in [5.74, 6) is 0.698. The van der Waals surface area contributed by atoms with Crippen LogP contribution in [0.4, 0.5) is 5.69 Å². The van der Waals surface area contributed by atoms with Crippen LogP contribution in [0.1, 0.15) is 25.0 Å². The highest BCUT2D eigenvalue weighted by Crippen LogP contribution is 2.21. The molecule has 0 aromatic heterocycles. The number of benzene rings is 1. The van der Waals surface area contributed by atoms with Crippen LogP contribution in [0.5, 0.6) is 0 Å². The lowest BCUT2D eigenvalue weighted by Gasteiger charge is -2.37. The standard InChI is InChI=1S/C15H24N2/c1-11(2)15-10-17(8-7-16-15)14-6-5-12(3)13(4)9-14/h5-6,9,11,15-16H,7-8,10H2,1-4H3. The Bertz CT molecular complexity index is 385. The van der Waals surface area contributed by atoms with Gasteiger partial charge in [-0.05, 0) is 43.0 Å². The largest absolute Gasteiger partial charge is 0.369 e. The summed E-state index contributed by atoms with van der Waals surface area (Å²) in [6, 6.07) is 7.42. The Morgan fingerprint density at radius 2 is 2.00 bits per heavy atom. The van der Waals surface area contributed by atoms with E-state index in [9.17, 15) is 0 Å². The number of rotatable bonds is 2. The average Bonchev–Trinajstić information content (AvgIpc) is 2.33. The second kappa shape index (κ2) is 5.09. The molecule has 1 aromatic rings. The molecule has 2 rings (SSSR count). The molecule has 2 nitrogen and oxygen atoms in total. The first-order chi connectivity index (χ1) is 8.08. The highest BCUT2D eigenvalue weighted by atomic mass is 15.2. The van der Waals surface area contributed by atoms with E-state index in [4.69, 9.17) is 0 Å². The van der Waals surface area contributed by atoms with Gasteiger partial charge in [0, 0.05) is 31.4 Å². The molecule has 94 valence electrons. The molecular formula is C15H24N2. The highest BCUT2D eigenvalue weighted by molar-refractivity contribution is 5.51. The van der Waals surface area contributed by atoms with E-state index in [1.165, 1.54) is 16.8 Å². The molecule has 1 saturated heterocycles. The molecule has 0 saturated carbocycles. The van der Waals surface area contributed by atoms with E-state index in [2.05, 4.69) is 56.1 Å². The lowest BCUT2D eigenvalue weighted by atomic mass is 10.0. The van der Waals surface area contributed by atoms with Crippen LogP contribution in [0.15, 0.2) is 18.2 Å². The molecule has 1 unspecified atom stereocenters. The third-order valence-electron chi connectivity index (χ3n) is 3.87. The van der Waals surface area contributed by atoms with Crippen molar-refractivity contribution >= 4 is 5.69 Å². The number of nitrogens with zero attached hydrogens (tertiary/aromatic N) is 1. The average molecular weight is 232 g/mol. The minimum Gasteiger partial charge on any atom is -0.369 e. The molecule has 0 amide bonds. The maximum absolute atomic E-state index is 3.60. The Balaban J connectivity index is 2.13. The SMILES string of the molecule is Cc1ccc(N2CCNC(C(C)C)C2)cc1C. The summed E-state index contributed by atoms with van der Waals surface area (Å²) in [6.07, 6.45) is 0. The molecular weight excluding hydrogens is 208 g/mol. The van der Waals surface area contributed by atoms with Crippen LogP contribution in [-0.4, -0.2) is 25.7 Å². The van der Waals surface area contributed by atoms with Gasteiger partial charge in [-0.1, -0.05) is 19.9 Å². The first-order valence-electron chi connectivity index (χ1n) is 6.63. The fourth-order valence-electron chi connectivity index (χ4n) is 2.38. The van der Waals surface area contributed by atoms with Gasteiger partial charge < -0.3 is 10.2 Å². The van der Waals surface area contributed by atoms with Gasteiger partial charge in [0.05, 0.1) is 0 Å². The number of aryl methyl sites for hydroxylation is 2. The topological polar surface area (TPSA) is 15.3 Å². The zero-order valence-electron chi connectivity index (χ0n) is 11.5. The molecule has 1 aliphatic rings. The van der Waals surface area contributed by atoms with E-state index in [1.807, 2.05) is 0 Å². The van der Waals surface area contributed by atoms with Gasteiger partial charge in [0.15, 0.2) is 0 Å². The molecule has 1 heterocycles. The molecule has 1 aliphatic heterocycles. The van der Waals surface area contributed by atoms with Crippen molar-refractivity contribution in [2.24, 2.45) is 5.92 Å². The third kappa shape index (κ3) is 2.81. The minimum atomic E-state index is 0.616. The predicted octanol–water partition coefficient (Wildman–Crippen LogP) is 2.74. The Hall–Kier alpha value is -1.02. The van der Waals surface area contributed by atoms with Gasteiger partial charge in [0.25, 0.3) is 0 Å². The van der Waals surface area contributed by atoms with Crippen molar-refractivity contribution in [1.29, 1.82) is 0 Å². The molecule has 0 radical (unpaired) electrons. The molecule has 1 atom stereocenters. The summed E-state index contributed by atoms with van der Waals surface area (Å²) in [6.45, 7) is 12.3. The van der Waals surface area contributed by atoms with Crippen LogP contribution >= 0.6 is 0 Å². The van der Waals surface area contributed by atoms with Crippen molar-refractivity contribution in [2.45, 2.75) is 33.7 Å². The zero-order valence-corrected chi connectivity index (χ0v) is 11.5. The summed E-state index contributed by atoms with van der Waals surface area (Å²) >= 11 is 0. The minimum absolute atomic E-state index is 0.616. The van der Waals surface area contributed by atoms with Gasteiger partial charge in [-0.3, -0.25) is 0 Å². The van der Waals surface area contributed by atoms with E-state index in [1.54, 1.807) is 0 Å². The molecule has 2 heteroatoms. The van der Waals surface area contributed by atoms with E-state index in [0.29, 0.717) is 12.0 Å². The van der Waals surface area contributed by atoms with Crippen LogP contribution in [0.2, 0.25) is 0 Å². The summed E-state index contributed by atoms with van der Waals surface area (Å²) < 4.78 is 0. The van der Waals surface area contributed by atoms with Crippen molar-refractivity contribution in [3.63, 3.8) is 0 Å². The number of hydrogen-bond donors (Lipinski definition) is 1. The van der Waals surface area contributed by atoms with Crippen LogP contribution < -0.4 is 10.2 Å². The lowest BCUT2D eigenvalue weighted by Crippen LogP contribution is -2.53. The van der Waals surface area contributed by atoms with Crippen LogP contribution in [0, 0.1) is 19.8 Å². The van der Waals surface area contributed by atoms with Crippen LogP contribution in [0.3, 0.4) is 0 Å². The predicted molar refractivity (Wildman–Crippen MR) is 74.8 cm³/mol. The van der Waals surface area contributed by atoms with Crippen LogP contribution in [-0.2, 0) is 0 Å². The fourth-order valence-corrected chi connectivity index (χ4v) is 2.38. The monoisotopic (exact) mass is 232 g/mol. The maximum Gasteiger partial charge on any atom is 0.0370 e. The van der Waals surface area contributed by atoms with Gasteiger partial charge in [0.1, 0.15) is 0 Å². The Labute approximate surface area is 105 Å². The number of anilines is 1. The molecule has 0 bridgehead atoms. The Kier molecular flexibility index (Phi) is 3.72. The van der Waals surface area contributed by atoms with Gasteiger partial charge in [-0.15, -0.1) is 0 Å². The third-order valence-corrected chi connectivity index (χ3v) is 3.87. The zero-order chi connectivity index (χ0) is 12.4. The van der Waals surface area contributed by atoms with Crippen molar-refractivity contribution in [3.8, 4) is 0 Å². The van der Waals surface area contributed by atoms with Crippen molar-refractivity contribution in [1.82, 2.24) is 5.32 Å². The van der Waals surface area contributed by atoms with E-state index in [-0.39, 0.29) is 0 Å². The van der Waals surface area contributed by atoms with Gasteiger partial charge in [-0.25, -0.2) is 0 Å². The lowest BCUT2D eigenvalue weighted by molar-refractivity contribution is 0.368. The normalized spacial score (nSPS) is 21.0. The first kappa shape index (κ1) is 12.4. The van der Waals surface area contributed by atoms with Crippen LogP contribution in [0.25, 0.3) is 0 Å². The van der Waals surface area contributed by atoms with E-state index < -0.39 is 0 Å². The first-order valence-corrected chi connectivity index (χ1v) is 6.63. The number of hydrogen-bond acceptors (Lipinski definition) is 2. The summed E-state index contributed by atoms with van der Waals surface area (Å²) in [5.41, 5.74) is 4.15. The number of piperazine rings is 1. The molecule has 17 heavy (non-hydrogen) atoms. The van der Waals surface area contributed by atoms with E-state index >= 15 is 0 Å². The van der Waals surface area contributed by atoms with Crippen molar-refractivity contribution in [3.05, 3.63) is 29.3 Å².